The lowest BCUT2D eigenvalue weighted by Gasteiger charge is -2.26. The van der Waals surface area contributed by atoms with E-state index in [1.807, 2.05) is 48.7 Å². The van der Waals surface area contributed by atoms with Crippen molar-refractivity contribution >= 4 is 33.7 Å². The largest absolute Gasteiger partial charge is 0.444 e. The molecule has 1 aromatic heterocycles. The van der Waals surface area contributed by atoms with Crippen LogP contribution in [0.2, 0.25) is 0 Å². The summed E-state index contributed by atoms with van der Waals surface area (Å²) >= 11 is 3.34. The Bertz CT molecular complexity index is 642. The molecule has 7 nitrogen and oxygen atoms in total. The number of nitrogens with one attached hydrogen (secondary N) is 2. The molecule has 26 heavy (non-hydrogen) atoms. The van der Waals surface area contributed by atoms with Gasteiger partial charge < -0.3 is 20.3 Å². The smallest absolute Gasteiger partial charge is 0.407 e. The minimum absolute atomic E-state index is 0.122. The van der Waals surface area contributed by atoms with Crippen LogP contribution in [0.3, 0.4) is 0 Å². The van der Waals surface area contributed by atoms with Gasteiger partial charge in [-0.1, -0.05) is 13.8 Å². The van der Waals surface area contributed by atoms with Crippen LogP contribution in [0, 0.1) is 5.92 Å². The quantitative estimate of drug-likeness (QED) is 0.726. The lowest BCUT2D eigenvalue weighted by molar-refractivity contribution is 0.0487. The SMILES string of the molecule is CC(C)C(CNC(=O)c1cc(Br)cnc1N(C)C)NC(=O)OC(C)(C)C. The molecule has 0 aromatic carbocycles. The van der Waals surface area contributed by atoms with E-state index in [2.05, 4.69) is 31.5 Å². The first-order valence-corrected chi connectivity index (χ1v) is 9.30. The topological polar surface area (TPSA) is 83.6 Å². The standard InChI is InChI=1S/C18H29BrN4O3/c1-11(2)14(22-17(25)26-18(3,4)5)10-21-16(24)13-8-12(19)9-20-15(13)23(6)7/h8-9,11,14H,10H2,1-7H3,(H,21,24)(H,22,25). The number of hydrogen-bond donors (Lipinski definition) is 2. The van der Waals surface area contributed by atoms with Crippen molar-refractivity contribution in [2.45, 2.75) is 46.3 Å². The summed E-state index contributed by atoms with van der Waals surface area (Å²) in [6.07, 6.45) is 1.15. The van der Waals surface area contributed by atoms with Gasteiger partial charge >= 0.3 is 6.09 Å². The summed E-state index contributed by atoms with van der Waals surface area (Å²) in [5.74, 6) is 0.447. The van der Waals surface area contributed by atoms with E-state index >= 15 is 0 Å². The predicted octanol–water partition coefficient (Wildman–Crippen LogP) is 3.19. The zero-order valence-electron chi connectivity index (χ0n) is 16.5. The molecule has 2 N–H and O–H groups in total. The molecule has 146 valence electrons. The summed E-state index contributed by atoms with van der Waals surface area (Å²) in [6.45, 7) is 9.65. The molecule has 0 aliphatic rings. The van der Waals surface area contributed by atoms with Gasteiger partial charge in [0.2, 0.25) is 0 Å². The van der Waals surface area contributed by atoms with Gasteiger partial charge in [0, 0.05) is 31.3 Å². The molecule has 0 saturated carbocycles. The third kappa shape index (κ3) is 7.19. The fourth-order valence-corrected chi connectivity index (χ4v) is 2.50. The van der Waals surface area contributed by atoms with Crippen LogP contribution in [-0.2, 0) is 4.74 Å². The summed E-state index contributed by atoms with van der Waals surface area (Å²) in [6, 6.07) is 1.47. The number of hydrogen-bond acceptors (Lipinski definition) is 5. The van der Waals surface area contributed by atoms with E-state index in [-0.39, 0.29) is 24.4 Å². The number of amides is 2. The number of carbonyl (C=O) groups is 2. The lowest BCUT2D eigenvalue weighted by atomic mass is 10.0. The van der Waals surface area contributed by atoms with Gasteiger partial charge in [-0.3, -0.25) is 4.79 Å². The molecule has 2 amide bonds. The molecule has 0 saturated heterocycles. The minimum atomic E-state index is -0.572. The second kappa shape index (κ2) is 9.21. The average Bonchev–Trinajstić information content (AvgIpc) is 2.48. The van der Waals surface area contributed by atoms with Crippen molar-refractivity contribution in [3.8, 4) is 0 Å². The van der Waals surface area contributed by atoms with Gasteiger partial charge in [0.1, 0.15) is 11.4 Å². The molecule has 0 bridgehead atoms. The molecule has 1 rings (SSSR count). The van der Waals surface area contributed by atoms with E-state index < -0.39 is 11.7 Å². The van der Waals surface area contributed by atoms with Gasteiger partial charge in [0.05, 0.1) is 11.6 Å². The zero-order valence-corrected chi connectivity index (χ0v) is 18.1. The van der Waals surface area contributed by atoms with E-state index in [4.69, 9.17) is 4.74 Å². The van der Waals surface area contributed by atoms with Crippen LogP contribution in [0.4, 0.5) is 10.6 Å². The molecule has 0 radical (unpaired) electrons. The van der Waals surface area contributed by atoms with Gasteiger partial charge in [-0.15, -0.1) is 0 Å². The molecule has 1 heterocycles. The number of alkyl carbamates (subject to hydrolysis) is 1. The maximum Gasteiger partial charge on any atom is 0.407 e. The fourth-order valence-electron chi connectivity index (χ4n) is 2.17. The van der Waals surface area contributed by atoms with Crippen molar-refractivity contribution in [2.24, 2.45) is 5.92 Å². The van der Waals surface area contributed by atoms with Crippen LogP contribution >= 0.6 is 15.9 Å². The molecule has 1 aromatic rings. The molecular weight excluding hydrogens is 400 g/mol. The lowest BCUT2D eigenvalue weighted by Crippen LogP contribution is -2.48. The molecule has 1 atom stereocenters. The summed E-state index contributed by atoms with van der Waals surface area (Å²) in [5, 5.41) is 5.69. The van der Waals surface area contributed by atoms with Crippen molar-refractivity contribution in [3.63, 3.8) is 0 Å². The predicted molar refractivity (Wildman–Crippen MR) is 107 cm³/mol. The summed E-state index contributed by atoms with van der Waals surface area (Å²) in [7, 11) is 3.65. The van der Waals surface area contributed by atoms with Crippen molar-refractivity contribution < 1.29 is 14.3 Å². The Hall–Kier alpha value is -1.83. The highest BCUT2D eigenvalue weighted by atomic mass is 79.9. The molecule has 0 fully saturated rings. The number of ether oxygens (including phenoxy) is 1. The van der Waals surface area contributed by atoms with Crippen LogP contribution in [0.25, 0.3) is 0 Å². The Labute approximate surface area is 164 Å². The van der Waals surface area contributed by atoms with Crippen LogP contribution in [0.1, 0.15) is 45.0 Å². The van der Waals surface area contributed by atoms with Crippen LogP contribution < -0.4 is 15.5 Å². The Morgan fingerprint density at radius 1 is 1.31 bits per heavy atom. The van der Waals surface area contributed by atoms with E-state index in [1.54, 1.807) is 17.2 Å². The third-order valence-corrected chi connectivity index (χ3v) is 3.92. The number of aromatic nitrogens is 1. The molecule has 0 aliphatic heterocycles. The maximum absolute atomic E-state index is 12.6. The highest BCUT2D eigenvalue weighted by Gasteiger charge is 2.23. The van der Waals surface area contributed by atoms with Crippen LogP contribution in [0.15, 0.2) is 16.7 Å². The molecule has 0 aliphatic carbocycles. The molecular formula is C18H29BrN4O3. The Kier molecular flexibility index (Phi) is 7.87. The number of pyridine rings is 1. The molecule has 1 unspecified atom stereocenters. The Morgan fingerprint density at radius 3 is 2.42 bits per heavy atom. The van der Waals surface area contributed by atoms with E-state index in [0.717, 1.165) is 4.47 Å². The first-order valence-electron chi connectivity index (χ1n) is 8.51. The van der Waals surface area contributed by atoms with Gasteiger partial charge in [0.25, 0.3) is 5.91 Å². The summed E-state index contributed by atoms with van der Waals surface area (Å²) < 4.78 is 6.01. The number of rotatable bonds is 6. The molecule has 0 spiro atoms. The number of anilines is 1. The Morgan fingerprint density at radius 2 is 1.92 bits per heavy atom. The number of nitrogens with zero attached hydrogens (tertiary/aromatic N) is 2. The van der Waals surface area contributed by atoms with E-state index in [9.17, 15) is 9.59 Å². The average molecular weight is 429 g/mol. The monoisotopic (exact) mass is 428 g/mol. The van der Waals surface area contributed by atoms with Crippen LogP contribution in [-0.4, -0.2) is 49.3 Å². The second-order valence-electron chi connectivity index (χ2n) is 7.63. The number of halogens is 1. The van der Waals surface area contributed by atoms with Crippen molar-refractivity contribution in [1.29, 1.82) is 0 Å². The van der Waals surface area contributed by atoms with Crippen molar-refractivity contribution in [1.82, 2.24) is 15.6 Å². The third-order valence-electron chi connectivity index (χ3n) is 3.49. The van der Waals surface area contributed by atoms with E-state index in [1.165, 1.54) is 0 Å². The first-order chi connectivity index (χ1) is 11.9. The second-order valence-corrected chi connectivity index (χ2v) is 8.54. The van der Waals surface area contributed by atoms with Gasteiger partial charge in [-0.2, -0.15) is 0 Å². The normalized spacial score (nSPS) is 12.5. The van der Waals surface area contributed by atoms with Gasteiger partial charge in [-0.05, 0) is 48.7 Å². The van der Waals surface area contributed by atoms with Gasteiger partial charge in [0.15, 0.2) is 0 Å². The maximum atomic E-state index is 12.6. The van der Waals surface area contributed by atoms with Gasteiger partial charge in [-0.25, -0.2) is 9.78 Å². The summed E-state index contributed by atoms with van der Waals surface area (Å²) in [4.78, 5) is 30.7. The minimum Gasteiger partial charge on any atom is -0.444 e. The first kappa shape index (κ1) is 22.2. The van der Waals surface area contributed by atoms with Crippen LogP contribution in [0.5, 0.6) is 0 Å². The van der Waals surface area contributed by atoms with E-state index in [0.29, 0.717) is 11.4 Å². The Balaban J connectivity index is 2.80. The zero-order chi connectivity index (χ0) is 20.1. The highest BCUT2D eigenvalue weighted by molar-refractivity contribution is 9.10. The number of carbonyl (C=O) groups excluding carboxylic acids is 2. The highest BCUT2D eigenvalue weighted by Crippen LogP contribution is 2.20. The van der Waals surface area contributed by atoms with Crippen molar-refractivity contribution in [3.05, 3.63) is 22.3 Å². The summed E-state index contributed by atoms with van der Waals surface area (Å²) in [5.41, 5.74) is -0.110. The molecule has 8 heteroatoms. The van der Waals surface area contributed by atoms with Crippen molar-refractivity contribution in [2.75, 3.05) is 25.5 Å². The fraction of sp³-hybridized carbons (Fsp3) is 0.611.